The number of rotatable bonds is 2. The molecule has 0 saturated heterocycles. The first-order valence-electron chi connectivity index (χ1n) is 5.77. The van der Waals surface area contributed by atoms with Gasteiger partial charge in [0, 0.05) is 16.5 Å². The fraction of sp³-hybridized carbons (Fsp3) is 0.308. The maximum absolute atomic E-state index is 6.03. The summed E-state index contributed by atoms with van der Waals surface area (Å²) in [6.07, 6.45) is 2.49. The van der Waals surface area contributed by atoms with Crippen LogP contribution in [0.15, 0.2) is 28.7 Å². The molecule has 1 aromatic carbocycles. The number of aromatic nitrogens is 2. The Bertz CT molecular complexity index is 570. The number of nitrogens with two attached hydrogens (primary N) is 1. The SMILES string of the molecule is Cc1cc(Br)ccc1-n1nc(C2CC2)cc1N. The molecule has 1 aliphatic rings. The van der Waals surface area contributed by atoms with Gasteiger partial charge >= 0.3 is 0 Å². The largest absolute Gasteiger partial charge is 0.384 e. The number of aryl methyl sites for hydroxylation is 1. The summed E-state index contributed by atoms with van der Waals surface area (Å²) in [5.41, 5.74) is 9.38. The predicted octanol–water partition coefficient (Wildman–Crippen LogP) is 3.40. The zero-order valence-electron chi connectivity index (χ0n) is 9.65. The van der Waals surface area contributed by atoms with Crippen molar-refractivity contribution in [3.8, 4) is 5.69 Å². The highest BCUT2D eigenvalue weighted by molar-refractivity contribution is 9.10. The second-order valence-electron chi connectivity index (χ2n) is 4.61. The van der Waals surface area contributed by atoms with Crippen molar-refractivity contribution in [2.45, 2.75) is 25.7 Å². The van der Waals surface area contributed by atoms with Gasteiger partial charge in [-0.05, 0) is 43.5 Å². The number of hydrogen-bond acceptors (Lipinski definition) is 2. The molecule has 2 aromatic rings. The van der Waals surface area contributed by atoms with Crippen LogP contribution in [0, 0.1) is 6.92 Å². The molecule has 3 nitrogen and oxygen atoms in total. The minimum absolute atomic E-state index is 0.634. The lowest BCUT2D eigenvalue weighted by Gasteiger charge is -2.07. The third kappa shape index (κ3) is 1.97. The van der Waals surface area contributed by atoms with Crippen molar-refractivity contribution in [3.05, 3.63) is 40.0 Å². The zero-order chi connectivity index (χ0) is 12.0. The number of halogens is 1. The van der Waals surface area contributed by atoms with Crippen LogP contribution in [-0.4, -0.2) is 9.78 Å². The van der Waals surface area contributed by atoms with E-state index in [0.717, 1.165) is 27.2 Å². The minimum atomic E-state index is 0.634. The molecular formula is C13H14BrN3. The van der Waals surface area contributed by atoms with Crippen molar-refractivity contribution in [2.24, 2.45) is 0 Å². The molecule has 0 atom stereocenters. The monoisotopic (exact) mass is 291 g/mol. The van der Waals surface area contributed by atoms with Crippen LogP contribution in [0.25, 0.3) is 5.69 Å². The van der Waals surface area contributed by atoms with Gasteiger partial charge in [0.25, 0.3) is 0 Å². The quantitative estimate of drug-likeness (QED) is 0.922. The third-order valence-corrected chi connectivity index (χ3v) is 3.63. The second-order valence-corrected chi connectivity index (χ2v) is 5.53. The van der Waals surface area contributed by atoms with Crippen LogP contribution in [0.5, 0.6) is 0 Å². The highest BCUT2D eigenvalue weighted by Crippen LogP contribution is 2.40. The van der Waals surface area contributed by atoms with Gasteiger partial charge in [0.05, 0.1) is 11.4 Å². The number of nitrogen functional groups attached to an aromatic ring is 1. The molecule has 0 aliphatic heterocycles. The van der Waals surface area contributed by atoms with Crippen molar-refractivity contribution < 1.29 is 0 Å². The molecule has 4 heteroatoms. The molecule has 0 radical (unpaired) electrons. The Labute approximate surface area is 109 Å². The molecule has 0 bridgehead atoms. The lowest BCUT2D eigenvalue weighted by Crippen LogP contribution is -2.03. The van der Waals surface area contributed by atoms with Crippen LogP contribution in [-0.2, 0) is 0 Å². The van der Waals surface area contributed by atoms with Crippen LogP contribution >= 0.6 is 15.9 Å². The molecule has 1 aliphatic carbocycles. The van der Waals surface area contributed by atoms with Crippen LogP contribution in [0.2, 0.25) is 0 Å². The van der Waals surface area contributed by atoms with E-state index in [-0.39, 0.29) is 0 Å². The van der Waals surface area contributed by atoms with E-state index in [4.69, 9.17) is 5.73 Å². The summed E-state index contributed by atoms with van der Waals surface area (Å²) in [5, 5.41) is 4.61. The van der Waals surface area contributed by atoms with Crippen LogP contribution in [0.3, 0.4) is 0 Å². The minimum Gasteiger partial charge on any atom is -0.384 e. The smallest absolute Gasteiger partial charge is 0.127 e. The summed E-state index contributed by atoms with van der Waals surface area (Å²) in [6, 6.07) is 8.13. The lowest BCUT2D eigenvalue weighted by molar-refractivity contribution is 0.839. The van der Waals surface area contributed by atoms with Gasteiger partial charge < -0.3 is 5.73 Å². The summed E-state index contributed by atoms with van der Waals surface area (Å²) in [5.74, 6) is 1.35. The van der Waals surface area contributed by atoms with E-state index in [1.54, 1.807) is 0 Å². The first-order valence-corrected chi connectivity index (χ1v) is 6.56. The fourth-order valence-corrected chi connectivity index (χ4v) is 2.52. The Balaban J connectivity index is 2.07. The highest BCUT2D eigenvalue weighted by Gasteiger charge is 2.27. The third-order valence-electron chi connectivity index (χ3n) is 3.14. The molecule has 2 N–H and O–H groups in total. The Morgan fingerprint density at radius 2 is 2.12 bits per heavy atom. The molecule has 1 aromatic heterocycles. The Kier molecular flexibility index (Phi) is 2.47. The molecule has 1 fully saturated rings. The number of benzene rings is 1. The molecule has 1 heterocycles. The van der Waals surface area contributed by atoms with Gasteiger partial charge in [-0.1, -0.05) is 15.9 Å². The van der Waals surface area contributed by atoms with Crippen LogP contribution < -0.4 is 5.73 Å². The van der Waals surface area contributed by atoms with E-state index >= 15 is 0 Å². The number of hydrogen-bond donors (Lipinski definition) is 1. The first-order chi connectivity index (χ1) is 8.15. The van der Waals surface area contributed by atoms with E-state index in [2.05, 4.69) is 34.0 Å². The van der Waals surface area contributed by atoms with E-state index in [1.807, 2.05) is 22.9 Å². The van der Waals surface area contributed by atoms with Gasteiger partial charge in [0.15, 0.2) is 0 Å². The van der Waals surface area contributed by atoms with Gasteiger partial charge in [-0.15, -0.1) is 0 Å². The standard InChI is InChI=1S/C13H14BrN3/c1-8-6-10(14)4-5-12(8)17-13(15)7-11(16-17)9-2-3-9/h4-7,9H,2-3,15H2,1H3. The van der Waals surface area contributed by atoms with E-state index in [1.165, 1.54) is 12.8 Å². The maximum Gasteiger partial charge on any atom is 0.127 e. The molecule has 3 rings (SSSR count). The first kappa shape index (κ1) is 10.8. The molecule has 0 amide bonds. The Morgan fingerprint density at radius 1 is 1.35 bits per heavy atom. The van der Waals surface area contributed by atoms with E-state index in [9.17, 15) is 0 Å². The molecule has 17 heavy (non-hydrogen) atoms. The van der Waals surface area contributed by atoms with Gasteiger partial charge in [-0.2, -0.15) is 5.10 Å². The van der Waals surface area contributed by atoms with Crippen molar-refractivity contribution in [3.63, 3.8) is 0 Å². The van der Waals surface area contributed by atoms with Crippen LogP contribution in [0.1, 0.15) is 30.0 Å². The summed E-state index contributed by atoms with van der Waals surface area (Å²) >= 11 is 3.46. The Morgan fingerprint density at radius 3 is 2.76 bits per heavy atom. The molecule has 88 valence electrons. The van der Waals surface area contributed by atoms with Crippen molar-refractivity contribution in [2.75, 3.05) is 5.73 Å². The van der Waals surface area contributed by atoms with E-state index < -0.39 is 0 Å². The van der Waals surface area contributed by atoms with Crippen molar-refractivity contribution >= 4 is 21.7 Å². The van der Waals surface area contributed by atoms with Crippen molar-refractivity contribution in [1.29, 1.82) is 0 Å². The average molecular weight is 292 g/mol. The van der Waals surface area contributed by atoms with Gasteiger partial charge in [0.1, 0.15) is 5.82 Å². The van der Waals surface area contributed by atoms with E-state index in [0.29, 0.717) is 5.92 Å². The molecule has 0 spiro atoms. The Hall–Kier alpha value is -1.29. The average Bonchev–Trinajstić information content (AvgIpc) is 3.04. The molecule has 1 saturated carbocycles. The maximum atomic E-state index is 6.03. The summed E-state index contributed by atoms with van der Waals surface area (Å²) in [7, 11) is 0. The number of anilines is 1. The van der Waals surface area contributed by atoms with Gasteiger partial charge in [-0.3, -0.25) is 0 Å². The molecular weight excluding hydrogens is 278 g/mol. The summed E-state index contributed by atoms with van der Waals surface area (Å²) < 4.78 is 2.92. The fourth-order valence-electron chi connectivity index (χ4n) is 2.04. The van der Waals surface area contributed by atoms with Crippen molar-refractivity contribution in [1.82, 2.24) is 9.78 Å². The predicted molar refractivity (Wildman–Crippen MR) is 72.4 cm³/mol. The summed E-state index contributed by atoms with van der Waals surface area (Å²) in [4.78, 5) is 0. The topological polar surface area (TPSA) is 43.8 Å². The number of nitrogens with zero attached hydrogens (tertiary/aromatic N) is 2. The van der Waals surface area contributed by atoms with Gasteiger partial charge in [-0.25, -0.2) is 4.68 Å². The lowest BCUT2D eigenvalue weighted by atomic mass is 10.2. The van der Waals surface area contributed by atoms with Gasteiger partial charge in [0.2, 0.25) is 0 Å². The normalized spacial score (nSPS) is 15.2. The second kappa shape index (κ2) is 3.88. The zero-order valence-corrected chi connectivity index (χ0v) is 11.2. The summed E-state index contributed by atoms with van der Waals surface area (Å²) in [6.45, 7) is 2.07. The van der Waals surface area contributed by atoms with Crippen LogP contribution in [0.4, 0.5) is 5.82 Å². The highest BCUT2D eigenvalue weighted by atomic mass is 79.9. The molecule has 0 unspecified atom stereocenters.